The molecule has 3 unspecified atom stereocenters. The third kappa shape index (κ3) is 8.86. The van der Waals surface area contributed by atoms with Crippen LogP contribution in [0.5, 0.6) is 0 Å². The lowest BCUT2D eigenvalue weighted by Gasteiger charge is -2.33. The van der Waals surface area contributed by atoms with Crippen LogP contribution in [0.15, 0.2) is 24.3 Å². The Morgan fingerprint density at radius 2 is 1.06 bits per heavy atom. The summed E-state index contributed by atoms with van der Waals surface area (Å²) in [5, 5.41) is 1.57. The molecule has 4 rings (SSSR count). The molecule has 0 amide bonds. The average Bonchev–Trinajstić information content (AvgIpc) is 3.63. The first-order valence-electron chi connectivity index (χ1n) is 12.4. The summed E-state index contributed by atoms with van der Waals surface area (Å²) in [6, 6.07) is 13.1. The maximum Gasteiger partial charge on any atom is 0.104 e. The molecular formula is C25H40O6Si. The fraction of sp³-hybridized carbons (Fsp3) is 0.760. The molecule has 0 aliphatic carbocycles. The summed E-state index contributed by atoms with van der Waals surface area (Å²) >= 11 is 0. The van der Waals surface area contributed by atoms with Crippen molar-refractivity contribution in [2.75, 3.05) is 59.5 Å². The molecule has 3 saturated heterocycles. The van der Waals surface area contributed by atoms with Crippen LogP contribution in [-0.2, 0) is 28.4 Å². The molecule has 7 heteroatoms. The van der Waals surface area contributed by atoms with Gasteiger partial charge in [0.25, 0.3) is 0 Å². The van der Waals surface area contributed by atoms with Crippen LogP contribution >= 0.6 is 0 Å². The molecule has 0 spiro atoms. The van der Waals surface area contributed by atoms with Gasteiger partial charge in [-0.25, -0.2) is 0 Å². The van der Waals surface area contributed by atoms with Crippen molar-refractivity contribution in [2.24, 2.45) is 0 Å². The molecule has 3 aliphatic heterocycles. The monoisotopic (exact) mass is 464 g/mol. The van der Waals surface area contributed by atoms with Crippen molar-refractivity contribution in [3.63, 3.8) is 0 Å². The van der Waals surface area contributed by atoms with Crippen LogP contribution in [-0.4, -0.2) is 85.8 Å². The van der Waals surface area contributed by atoms with Crippen LogP contribution in [0, 0.1) is 6.92 Å². The standard InChI is InChI=1S/C25H40O6Si/c1-21-5-7-25(8-6-21)32(12-2-9-26-15-22-18-29-22,13-3-10-27-16-23-19-30-23)14-4-11-28-17-24-20-31-24/h5-8,22-24H,2-4,9-20H2,1H3. The van der Waals surface area contributed by atoms with Gasteiger partial charge in [-0.15, -0.1) is 0 Å². The maximum atomic E-state index is 5.88. The summed E-state index contributed by atoms with van der Waals surface area (Å²) in [7, 11) is -1.71. The first-order valence-corrected chi connectivity index (χ1v) is 15.0. The Hall–Kier alpha value is -0.803. The van der Waals surface area contributed by atoms with E-state index in [4.69, 9.17) is 28.4 Å². The molecule has 3 atom stereocenters. The first-order chi connectivity index (χ1) is 15.7. The van der Waals surface area contributed by atoms with Crippen LogP contribution in [0.3, 0.4) is 0 Å². The molecule has 3 fully saturated rings. The van der Waals surface area contributed by atoms with Crippen molar-refractivity contribution in [1.82, 2.24) is 0 Å². The summed E-state index contributed by atoms with van der Waals surface area (Å²) in [6.45, 7) is 9.46. The van der Waals surface area contributed by atoms with Crippen molar-refractivity contribution in [1.29, 1.82) is 0 Å². The van der Waals surface area contributed by atoms with Gasteiger partial charge in [-0.2, -0.15) is 0 Å². The maximum absolute atomic E-state index is 5.88. The summed E-state index contributed by atoms with van der Waals surface area (Å²) in [5.74, 6) is 0. The number of aryl methyl sites for hydroxylation is 1. The van der Waals surface area contributed by atoms with Gasteiger partial charge in [-0.1, -0.05) is 53.1 Å². The minimum absolute atomic E-state index is 0.342. The fourth-order valence-corrected chi connectivity index (χ4v) is 9.34. The fourth-order valence-electron chi connectivity index (χ4n) is 4.39. The van der Waals surface area contributed by atoms with Gasteiger partial charge in [0.15, 0.2) is 0 Å². The highest BCUT2D eigenvalue weighted by atomic mass is 28.3. The summed E-state index contributed by atoms with van der Waals surface area (Å²) in [6.07, 6.45) is 4.36. The lowest BCUT2D eigenvalue weighted by atomic mass is 10.2. The van der Waals surface area contributed by atoms with Crippen molar-refractivity contribution in [3.8, 4) is 0 Å². The van der Waals surface area contributed by atoms with Crippen LogP contribution < -0.4 is 5.19 Å². The molecule has 6 nitrogen and oxygen atoms in total. The second-order valence-electron chi connectivity index (χ2n) is 9.55. The van der Waals surface area contributed by atoms with E-state index in [1.54, 1.807) is 5.19 Å². The molecule has 0 N–H and O–H groups in total. The zero-order valence-electron chi connectivity index (χ0n) is 19.6. The Morgan fingerprint density at radius 1 is 0.688 bits per heavy atom. The van der Waals surface area contributed by atoms with E-state index in [9.17, 15) is 0 Å². The van der Waals surface area contributed by atoms with E-state index in [0.29, 0.717) is 18.3 Å². The number of epoxide rings is 3. The SMILES string of the molecule is Cc1ccc([Si](CCCOCC2CO2)(CCCOCC2CO2)CCCOCC2CO2)cc1. The summed E-state index contributed by atoms with van der Waals surface area (Å²) in [5.41, 5.74) is 1.32. The zero-order chi connectivity index (χ0) is 22.1. The molecule has 3 aliphatic rings. The minimum Gasteiger partial charge on any atom is -0.379 e. The summed E-state index contributed by atoms with van der Waals surface area (Å²) in [4.78, 5) is 0. The zero-order valence-corrected chi connectivity index (χ0v) is 20.6. The Bertz CT molecular complexity index is 602. The van der Waals surface area contributed by atoms with E-state index < -0.39 is 8.07 Å². The highest BCUT2D eigenvalue weighted by molar-refractivity contribution is 6.91. The van der Waals surface area contributed by atoms with Gasteiger partial charge in [0.2, 0.25) is 0 Å². The molecule has 1 aromatic rings. The van der Waals surface area contributed by atoms with Crippen LogP contribution in [0.1, 0.15) is 24.8 Å². The number of benzene rings is 1. The quantitative estimate of drug-likeness (QED) is 0.178. The second-order valence-corrected chi connectivity index (χ2v) is 14.2. The number of hydrogen-bond donors (Lipinski definition) is 0. The Morgan fingerprint density at radius 3 is 1.41 bits per heavy atom. The van der Waals surface area contributed by atoms with E-state index >= 15 is 0 Å². The Kier molecular flexibility index (Phi) is 9.58. The van der Waals surface area contributed by atoms with Crippen molar-refractivity contribution >= 4 is 13.3 Å². The van der Waals surface area contributed by atoms with E-state index in [2.05, 4.69) is 31.2 Å². The van der Waals surface area contributed by atoms with Crippen LogP contribution in [0.25, 0.3) is 0 Å². The van der Waals surface area contributed by atoms with Gasteiger partial charge >= 0.3 is 0 Å². The second kappa shape index (κ2) is 12.6. The molecule has 0 radical (unpaired) electrons. The van der Waals surface area contributed by atoms with Gasteiger partial charge in [0.1, 0.15) is 18.3 Å². The normalized spacial score (nSPS) is 25.5. The third-order valence-electron chi connectivity index (χ3n) is 6.61. The van der Waals surface area contributed by atoms with E-state index in [1.165, 1.54) is 23.7 Å². The predicted molar refractivity (Wildman–Crippen MR) is 127 cm³/mol. The molecule has 0 bridgehead atoms. The topological polar surface area (TPSA) is 65.3 Å². The largest absolute Gasteiger partial charge is 0.379 e. The van der Waals surface area contributed by atoms with Crippen LogP contribution in [0.4, 0.5) is 0 Å². The van der Waals surface area contributed by atoms with Gasteiger partial charge in [0, 0.05) is 19.8 Å². The molecular weight excluding hydrogens is 424 g/mol. The Labute approximate surface area is 193 Å². The smallest absolute Gasteiger partial charge is 0.104 e. The predicted octanol–water partition coefficient (Wildman–Crippen LogP) is 3.07. The first kappa shape index (κ1) is 24.3. The number of hydrogen-bond acceptors (Lipinski definition) is 6. The van der Waals surface area contributed by atoms with E-state index in [0.717, 1.165) is 78.7 Å². The minimum atomic E-state index is -1.71. The lowest BCUT2D eigenvalue weighted by Crippen LogP contribution is -2.48. The van der Waals surface area contributed by atoms with E-state index in [1.807, 2.05) is 0 Å². The van der Waals surface area contributed by atoms with E-state index in [-0.39, 0.29) is 0 Å². The van der Waals surface area contributed by atoms with Gasteiger partial charge in [-0.3, -0.25) is 0 Å². The molecule has 180 valence electrons. The molecule has 1 aromatic carbocycles. The van der Waals surface area contributed by atoms with Crippen molar-refractivity contribution in [3.05, 3.63) is 29.8 Å². The van der Waals surface area contributed by atoms with Crippen molar-refractivity contribution < 1.29 is 28.4 Å². The third-order valence-corrected chi connectivity index (χ3v) is 12.1. The highest BCUT2D eigenvalue weighted by Crippen LogP contribution is 2.27. The van der Waals surface area contributed by atoms with Crippen LogP contribution in [0.2, 0.25) is 18.1 Å². The molecule has 0 saturated carbocycles. The number of ether oxygens (including phenoxy) is 6. The van der Waals surface area contributed by atoms with Gasteiger partial charge < -0.3 is 28.4 Å². The van der Waals surface area contributed by atoms with Gasteiger partial charge in [0.05, 0.1) is 47.7 Å². The number of rotatable bonds is 19. The molecule has 0 aromatic heterocycles. The molecule has 32 heavy (non-hydrogen) atoms. The Balaban J connectivity index is 1.32. The van der Waals surface area contributed by atoms with Crippen molar-refractivity contribution in [2.45, 2.75) is 62.6 Å². The van der Waals surface area contributed by atoms with Gasteiger partial charge in [-0.05, 0) is 26.2 Å². The average molecular weight is 465 g/mol. The highest BCUT2D eigenvalue weighted by Gasteiger charge is 2.34. The summed E-state index contributed by atoms with van der Waals surface area (Å²) < 4.78 is 33.4. The lowest BCUT2D eigenvalue weighted by molar-refractivity contribution is 0.114. The molecule has 3 heterocycles.